The first-order chi connectivity index (χ1) is 16.9. The Bertz CT molecular complexity index is 1070. The van der Waals surface area contributed by atoms with Gasteiger partial charge in [-0.25, -0.2) is 0 Å². The van der Waals surface area contributed by atoms with E-state index in [2.05, 4.69) is 25.8 Å². The Labute approximate surface area is 203 Å². The summed E-state index contributed by atoms with van der Waals surface area (Å²) in [5.41, 5.74) is 7.05. The number of carbonyl (C=O) groups is 2. The molecule has 0 radical (unpaired) electrons. The molecule has 12 nitrogen and oxygen atoms in total. The number of piperidine rings is 1. The maximum Gasteiger partial charge on any atom is 0.254 e. The number of aromatic nitrogens is 3. The van der Waals surface area contributed by atoms with E-state index in [0.717, 1.165) is 19.4 Å². The monoisotopic (exact) mass is 481 g/mol. The lowest BCUT2D eigenvalue weighted by Crippen LogP contribution is -2.45. The van der Waals surface area contributed by atoms with Crippen LogP contribution in [0.15, 0.2) is 24.3 Å². The zero-order valence-electron chi connectivity index (χ0n) is 19.8. The molecular weight excluding hydrogens is 450 g/mol. The third-order valence-corrected chi connectivity index (χ3v) is 6.04. The standard InChI is InChI=1S/C23H31N9O3/c1-2-18(33)32-9-3-4-17(14-32)27-23-28-21(19(20(24)25)29-30-23)26-16-7-5-15(6-8-16)22(34)31-10-12-35-13-11-31/h5-8,17H,2-4,9-14H2,1H3,(H3,24,25)(H2,26,27,28,30)/t17-/m1/s1. The van der Waals surface area contributed by atoms with Crippen molar-refractivity contribution in [1.82, 2.24) is 25.0 Å². The minimum absolute atomic E-state index is 0.00237. The molecule has 2 aromatic rings. The molecule has 0 unspecified atom stereocenters. The van der Waals surface area contributed by atoms with Crippen LogP contribution in [0.3, 0.4) is 0 Å². The fraction of sp³-hybridized carbons (Fsp3) is 0.478. The molecule has 1 aromatic heterocycles. The SMILES string of the molecule is CCC(=O)N1CCC[C@@H](Nc2nnc(C(=N)N)c(Nc3ccc(C(=O)N4CCOCC4)cc3)n2)C1. The summed E-state index contributed by atoms with van der Waals surface area (Å²) in [6.45, 7) is 5.43. The summed E-state index contributed by atoms with van der Waals surface area (Å²) in [6, 6.07) is 7.01. The van der Waals surface area contributed by atoms with Gasteiger partial charge in [0, 0.05) is 49.9 Å². The van der Waals surface area contributed by atoms with Gasteiger partial charge < -0.3 is 30.9 Å². The summed E-state index contributed by atoms with van der Waals surface area (Å²) < 4.78 is 5.31. The van der Waals surface area contributed by atoms with Crippen LogP contribution < -0.4 is 16.4 Å². The van der Waals surface area contributed by atoms with Gasteiger partial charge in [0.2, 0.25) is 11.9 Å². The maximum atomic E-state index is 12.7. The number of morpholine rings is 1. The van der Waals surface area contributed by atoms with Gasteiger partial charge in [0.25, 0.3) is 5.91 Å². The molecular formula is C23H31N9O3. The number of ether oxygens (including phenoxy) is 1. The van der Waals surface area contributed by atoms with Crippen molar-refractivity contribution < 1.29 is 14.3 Å². The zero-order chi connectivity index (χ0) is 24.8. The molecule has 2 aliphatic heterocycles. The number of rotatable bonds is 7. The summed E-state index contributed by atoms with van der Waals surface area (Å²) in [6.07, 6.45) is 2.25. The highest BCUT2D eigenvalue weighted by Crippen LogP contribution is 2.21. The van der Waals surface area contributed by atoms with Gasteiger partial charge in [0.15, 0.2) is 11.5 Å². The van der Waals surface area contributed by atoms with Gasteiger partial charge >= 0.3 is 0 Å². The highest BCUT2D eigenvalue weighted by atomic mass is 16.5. The Morgan fingerprint density at radius 1 is 1.14 bits per heavy atom. The first-order valence-electron chi connectivity index (χ1n) is 11.8. The molecule has 186 valence electrons. The van der Waals surface area contributed by atoms with E-state index in [1.165, 1.54) is 0 Å². The average Bonchev–Trinajstić information content (AvgIpc) is 2.89. The van der Waals surface area contributed by atoms with Crippen LogP contribution in [0.4, 0.5) is 17.5 Å². The smallest absolute Gasteiger partial charge is 0.254 e. The molecule has 2 fully saturated rings. The van der Waals surface area contributed by atoms with Crippen LogP contribution in [0.1, 0.15) is 42.2 Å². The maximum absolute atomic E-state index is 12.7. The number of benzene rings is 1. The van der Waals surface area contributed by atoms with Crippen molar-refractivity contribution in [2.24, 2.45) is 5.73 Å². The fourth-order valence-electron chi connectivity index (χ4n) is 4.17. The van der Waals surface area contributed by atoms with Crippen molar-refractivity contribution >= 4 is 35.1 Å². The Morgan fingerprint density at radius 2 is 1.89 bits per heavy atom. The summed E-state index contributed by atoms with van der Waals surface area (Å²) in [5, 5.41) is 22.4. The zero-order valence-corrected chi connectivity index (χ0v) is 19.8. The van der Waals surface area contributed by atoms with Crippen LogP contribution in [0, 0.1) is 5.41 Å². The van der Waals surface area contributed by atoms with Gasteiger partial charge in [-0.15, -0.1) is 10.2 Å². The molecule has 4 rings (SSSR count). The molecule has 0 aliphatic carbocycles. The molecule has 0 bridgehead atoms. The third-order valence-electron chi connectivity index (χ3n) is 6.04. The molecule has 2 aliphatic rings. The van der Waals surface area contributed by atoms with Crippen molar-refractivity contribution in [2.75, 3.05) is 50.0 Å². The van der Waals surface area contributed by atoms with E-state index in [9.17, 15) is 9.59 Å². The van der Waals surface area contributed by atoms with Crippen molar-refractivity contribution in [3.05, 3.63) is 35.5 Å². The number of nitrogen functional groups attached to an aromatic ring is 1. The summed E-state index contributed by atoms with van der Waals surface area (Å²) in [7, 11) is 0. The van der Waals surface area contributed by atoms with Crippen LogP contribution >= 0.6 is 0 Å². The second-order valence-corrected chi connectivity index (χ2v) is 8.53. The number of nitrogens with two attached hydrogens (primary N) is 1. The van der Waals surface area contributed by atoms with Crippen LogP contribution in [-0.2, 0) is 9.53 Å². The lowest BCUT2D eigenvalue weighted by molar-refractivity contribution is -0.131. The Kier molecular flexibility index (Phi) is 7.70. The van der Waals surface area contributed by atoms with Gasteiger partial charge in [0.1, 0.15) is 5.84 Å². The molecule has 2 amide bonds. The molecule has 2 saturated heterocycles. The third kappa shape index (κ3) is 6.01. The van der Waals surface area contributed by atoms with Crippen LogP contribution in [0.5, 0.6) is 0 Å². The minimum atomic E-state index is -0.268. The molecule has 5 N–H and O–H groups in total. The summed E-state index contributed by atoms with van der Waals surface area (Å²) in [4.78, 5) is 32.9. The van der Waals surface area contributed by atoms with E-state index in [-0.39, 0.29) is 41.2 Å². The van der Waals surface area contributed by atoms with Crippen LogP contribution in [0.25, 0.3) is 0 Å². The number of nitrogens with zero attached hydrogens (tertiary/aromatic N) is 5. The van der Waals surface area contributed by atoms with E-state index < -0.39 is 0 Å². The molecule has 1 atom stereocenters. The normalized spacial score (nSPS) is 18.1. The first-order valence-corrected chi connectivity index (χ1v) is 11.8. The second kappa shape index (κ2) is 11.1. The predicted molar refractivity (Wildman–Crippen MR) is 131 cm³/mol. The Balaban J connectivity index is 1.46. The fourth-order valence-corrected chi connectivity index (χ4v) is 4.17. The number of likely N-dealkylation sites (tertiary alicyclic amines) is 1. The molecule has 0 spiro atoms. The van der Waals surface area contributed by atoms with Crippen LogP contribution in [-0.4, -0.2) is 88.1 Å². The summed E-state index contributed by atoms with van der Waals surface area (Å²) in [5.74, 6) is 0.380. The quantitative estimate of drug-likeness (QED) is 0.336. The van der Waals surface area contributed by atoms with Gasteiger partial charge in [-0.1, -0.05) is 6.92 Å². The minimum Gasteiger partial charge on any atom is -0.382 e. The van der Waals surface area contributed by atoms with Gasteiger partial charge in [-0.05, 0) is 37.1 Å². The highest BCUT2D eigenvalue weighted by Gasteiger charge is 2.24. The number of carbonyl (C=O) groups excluding carboxylic acids is 2. The summed E-state index contributed by atoms with van der Waals surface area (Å²) >= 11 is 0. The predicted octanol–water partition coefficient (Wildman–Crippen LogP) is 1.18. The average molecular weight is 482 g/mol. The molecule has 3 heterocycles. The largest absolute Gasteiger partial charge is 0.382 e. The van der Waals surface area contributed by atoms with E-state index >= 15 is 0 Å². The molecule has 0 saturated carbocycles. The van der Waals surface area contributed by atoms with Crippen molar-refractivity contribution in [3.63, 3.8) is 0 Å². The molecule has 1 aromatic carbocycles. The Hall–Kier alpha value is -3.80. The highest BCUT2D eigenvalue weighted by molar-refractivity contribution is 5.98. The lowest BCUT2D eigenvalue weighted by Gasteiger charge is -2.33. The van der Waals surface area contributed by atoms with E-state index in [1.54, 1.807) is 29.2 Å². The van der Waals surface area contributed by atoms with E-state index in [1.807, 2.05) is 11.8 Å². The number of amidine groups is 1. The topological polar surface area (TPSA) is 162 Å². The van der Waals surface area contributed by atoms with Crippen molar-refractivity contribution in [2.45, 2.75) is 32.2 Å². The number of hydrogen-bond acceptors (Lipinski definition) is 9. The molecule has 35 heavy (non-hydrogen) atoms. The second-order valence-electron chi connectivity index (χ2n) is 8.53. The van der Waals surface area contributed by atoms with Gasteiger partial charge in [-0.3, -0.25) is 15.0 Å². The number of amides is 2. The first kappa shape index (κ1) is 24.3. The van der Waals surface area contributed by atoms with Crippen molar-refractivity contribution in [3.8, 4) is 0 Å². The number of hydrogen-bond donors (Lipinski definition) is 4. The lowest BCUT2D eigenvalue weighted by atomic mass is 10.1. The van der Waals surface area contributed by atoms with Crippen LogP contribution in [0.2, 0.25) is 0 Å². The Morgan fingerprint density at radius 3 is 2.57 bits per heavy atom. The van der Waals surface area contributed by atoms with Gasteiger partial charge in [0.05, 0.1) is 13.2 Å². The molecule has 12 heteroatoms. The van der Waals surface area contributed by atoms with Crippen molar-refractivity contribution in [1.29, 1.82) is 5.41 Å². The van der Waals surface area contributed by atoms with E-state index in [0.29, 0.717) is 50.5 Å². The number of nitrogens with one attached hydrogen (secondary N) is 3. The van der Waals surface area contributed by atoms with E-state index in [4.69, 9.17) is 15.9 Å². The number of anilines is 3. The van der Waals surface area contributed by atoms with Gasteiger partial charge in [-0.2, -0.15) is 4.98 Å².